The lowest BCUT2D eigenvalue weighted by Gasteiger charge is -2.12. The molecule has 0 bridgehead atoms. The lowest BCUT2D eigenvalue weighted by Crippen LogP contribution is -2.32. The zero-order chi connectivity index (χ0) is 20.8. The highest BCUT2D eigenvalue weighted by Crippen LogP contribution is 2.13. The van der Waals surface area contributed by atoms with Crippen molar-refractivity contribution in [2.24, 2.45) is 0 Å². The second kappa shape index (κ2) is 13.6. The highest BCUT2D eigenvalue weighted by molar-refractivity contribution is 6.01. The van der Waals surface area contributed by atoms with Crippen LogP contribution in [0.4, 0.5) is 0 Å². The summed E-state index contributed by atoms with van der Waals surface area (Å²) in [5.74, 6) is -2.14. The third-order valence-corrected chi connectivity index (χ3v) is 3.54. The number of nitrogens with one attached hydrogen (secondary N) is 2. The van der Waals surface area contributed by atoms with Gasteiger partial charge in [0.2, 0.25) is 11.8 Å². The van der Waals surface area contributed by atoms with Gasteiger partial charge in [-0.2, -0.15) is 0 Å². The van der Waals surface area contributed by atoms with Crippen molar-refractivity contribution in [3.05, 3.63) is 0 Å². The first-order valence-corrected chi connectivity index (χ1v) is 9.13. The minimum absolute atomic E-state index is 0.0415. The molecule has 11 nitrogen and oxygen atoms in total. The van der Waals surface area contributed by atoms with Gasteiger partial charge >= 0.3 is 5.97 Å². The molecule has 2 N–H and O–H groups in total. The summed E-state index contributed by atoms with van der Waals surface area (Å²) < 4.78 is 10.5. The van der Waals surface area contributed by atoms with Crippen LogP contribution in [0, 0.1) is 0 Å². The van der Waals surface area contributed by atoms with Gasteiger partial charge in [-0.15, -0.1) is 5.06 Å². The zero-order valence-electron chi connectivity index (χ0n) is 16.0. The van der Waals surface area contributed by atoms with E-state index >= 15 is 0 Å². The van der Waals surface area contributed by atoms with Gasteiger partial charge in [0.15, 0.2) is 0 Å². The van der Waals surface area contributed by atoms with Crippen molar-refractivity contribution in [2.45, 2.75) is 39.0 Å². The molecule has 158 valence electrons. The molecule has 0 aromatic carbocycles. The van der Waals surface area contributed by atoms with Gasteiger partial charge in [-0.25, -0.2) is 4.79 Å². The van der Waals surface area contributed by atoms with Crippen LogP contribution in [0.3, 0.4) is 0 Å². The van der Waals surface area contributed by atoms with E-state index in [1.807, 2.05) is 0 Å². The quantitative estimate of drug-likeness (QED) is 0.280. The Kier molecular flexibility index (Phi) is 11.4. The number of carbonyl (C=O) groups excluding carboxylic acids is 5. The first-order chi connectivity index (χ1) is 13.4. The van der Waals surface area contributed by atoms with E-state index in [2.05, 4.69) is 10.6 Å². The highest BCUT2D eigenvalue weighted by Gasteiger charge is 2.32. The van der Waals surface area contributed by atoms with Crippen LogP contribution in [0.2, 0.25) is 0 Å². The number of imide groups is 1. The van der Waals surface area contributed by atoms with Gasteiger partial charge in [-0.05, 0) is 6.42 Å². The lowest BCUT2D eigenvalue weighted by atomic mass is 10.2. The number of amides is 4. The van der Waals surface area contributed by atoms with Crippen molar-refractivity contribution < 1.29 is 38.3 Å². The predicted molar refractivity (Wildman–Crippen MR) is 94.4 cm³/mol. The lowest BCUT2D eigenvalue weighted by molar-refractivity contribution is -0.197. The largest absolute Gasteiger partial charge is 0.377 e. The topological polar surface area (TPSA) is 140 Å². The summed E-state index contributed by atoms with van der Waals surface area (Å²) in [6.07, 6.45) is 0.365. The van der Waals surface area contributed by atoms with Gasteiger partial charge < -0.3 is 24.9 Å². The van der Waals surface area contributed by atoms with Crippen LogP contribution in [-0.4, -0.2) is 74.2 Å². The van der Waals surface area contributed by atoms with Crippen molar-refractivity contribution in [1.82, 2.24) is 15.7 Å². The second-order valence-corrected chi connectivity index (χ2v) is 5.96. The summed E-state index contributed by atoms with van der Waals surface area (Å²) in [7, 11) is 0. The Labute approximate surface area is 163 Å². The molecule has 0 aromatic rings. The summed E-state index contributed by atoms with van der Waals surface area (Å²) in [4.78, 5) is 61.2. The summed E-state index contributed by atoms with van der Waals surface area (Å²) in [5.41, 5.74) is 0. The number of carbonyl (C=O) groups is 5. The molecule has 0 saturated carbocycles. The van der Waals surface area contributed by atoms with Crippen LogP contribution < -0.4 is 10.6 Å². The number of hydroxylamine groups is 2. The Morgan fingerprint density at radius 3 is 2.04 bits per heavy atom. The van der Waals surface area contributed by atoms with E-state index in [1.54, 1.807) is 0 Å². The molecule has 0 radical (unpaired) electrons. The van der Waals surface area contributed by atoms with E-state index in [9.17, 15) is 24.0 Å². The predicted octanol–water partition coefficient (Wildman–Crippen LogP) is -0.951. The molecule has 1 fully saturated rings. The van der Waals surface area contributed by atoms with E-state index in [4.69, 9.17) is 14.3 Å². The van der Waals surface area contributed by atoms with E-state index in [0.29, 0.717) is 44.6 Å². The minimum atomic E-state index is -0.724. The maximum Gasteiger partial charge on any atom is 0.333 e. The molecule has 11 heteroatoms. The molecule has 4 amide bonds. The van der Waals surface area contributed by atoms with Crippen molar-refractivity contribution >= 4 is 29.6 Å². The number of nitrogens with zero attached hydrogens (tertiary/aromatic N) is 1. The Morgan fingerprint density at radius 2 is 1.46 bits per heavy atom. The number of hydrogen-bond donors (Lipinski definition) is 2. The van der Waals surface area contributed by atoms with E-state index in [-0.39, 0.29) is 43.9 Å². The third kappa shape index (κ3) is 10.6. The molecular weight excluding hydrogens is 374 g/mol. The van der Waals surface area contributed by atoms with Crippen LogP contribution in [0.5, 0.6) is 0 Å². The minimum Gasteiger partial charge on any atom is -0.377 e. The van der Waals surface area contributed by atoms with Crippen LogP contribution in [0.25, 0.3) is 0 Å². The number of hydrogen-bond acceptors (Lipinski definition) is 8. The van der Waals surface area contributed by atoms with Gasteiger partial charge in [0.05, 0.1) is 26.4 Å². The molecule has 1 aliphatic rings. The second-order valence-electron chi connectivity index (χ2n) is 5.96. The molecule has 0 aliphatic carbocycles. The van der Waals surface area contributed by atoms with Gasteiger partial charge in [-0.1, -0.05) is 0 Å². The SMILES string of the molecule is CC(=O)NCCOCCOCCNC(=O)CCCC(=O)ON1C(=O)CCC1=O. The Hall–Kier alpha value is -2.53. The molecule has 0 spiro atoms. The monoisotopic (exact) mass is 401 g/mol. The number of rotatable bonds is 14. The molecule has 0 unspecified atom stereocenters. The molecule has 1 rings (SSSR count). The fourth-order valence-corrected chi connectivity index (χ4v) is 2.17. The highest BCUT2D eigenvalue weighted by atomic mass is 16.7. The van der Waals surface area contributed by atoms with Crippen molar-refractivity contribution in [3.8, 4) is 0 Å². The zero-order valence-corrected chi connectivity index (χ0v) is 16.0. The standard InChI is InChI=1S/C17H27N3O8/c1-13(21)18-7-9-26-11-12-27-10-8-19-14(22)3-2-4-17(25)28-20-15(23)5-6-16(20)24/h2-12H2,1H3,(H,18,21)(H,19,22). The molecule has 1 saturated heterocycles. The van der Waals surface area contributed by atoms with Gasteiger partial charge in [-0.3, -0.25) is 19.2 Å². The van der Waals surface area contributed by atoms with E-state index < -0.39 is 17.8 Å². The Balaban J connectivity index is 1.92. The molecular formula is C17H27N3O8. The first kappa shape index (κ1) is 23.5. The van der Waals surface area contributed by atoms with Crippen molar-refractivity contribution in [1.29, 1.82) is 0 Å². The molecule has 1 heterocycles. The summed E-state index contributed by atoms with van der Waals surface area (Å²) in [5, 5.41) is 5.73. The van der Waals surface area contributed by atoms with Gasteiger partial charge in [0, 0.05) is 45.7 Å². The molecule has 1 aliphatic heterocycles. The van der Waals surface area contributed by atoms with Crippen molar-refractivity contribution in [3.63, 3.8) is 0 Å². The Bertz CT molecular complexity index is 551. The first-order valence-electron chi connectivity index (χ1n) is 9.13. The van der Waals surface area contributed by atoms with Crippen LogP contribution in [0.1, 0.15) is 39.0 Å². The maximum atomic E-state index is 11.6. The van der Waals surface area contributed by atoms with Crippen molar-refractivity contribution in [2.75, 3.05) is 39.5 Å². The van der Waals surface area contributed by atoms with E-state index in [0.717, 1.165) is 0 Å². The average Bonchev–Trinajstić information content (AvgIpc) is 2.95. The van der Waals surface area contributed by atoms with Crippen LogP contribution in [0.15, 0.2) is 0 Å². The summed E-state index contributed by atoms with van der Waals surface area (Å²) >= 11 is 0. The van der Waals surface area contributed by atoms with E-state index in [1.165, 1.54) is 6.92 Å². The summed E-state index contributed by atoms with van der Waals surface area (Å²) in [6, 6.07) is 0. The van der Waals surface area contributed by atoms with Crippen LogP contribution in [-0.2, 0) is 38.3 Å². The fraction of sp³-hybridized carbons (Fsp3) is 0.706. The average molecular weight is 401 g/mol. The maximum absolute atomic E-state index is 11.6. The van der Waals surface area contributed by atoms with Gasteiger partial charge in [0.1, 0.15) is 0 Å². The van der Waals surface area contributed by atoms with Gasteiger partial charge in [0.25, 0.3) is 11.8 Å². The molecule has 0 aromatic heterocycles. The normalized spacial score (nSPS) is 13.5. The number of ether oxygens (including phenoxy) is 2. The summed E-state index contributed by atoms with van der Waals surface area (Å²) in [6.45, 7) is 3.69. The third-order valence-electron chi connectivity index (χ3n) is 3.54. The molecule has 28 heavy (non-hydrogen) atoms. The molecule has 0 atom stereocenters. The smallest absolute Gasteiger partial charge is 0.333 e. The Morgan fingerprint density at radius 1 is 0.893 bits per heavy atom. The fourth-order valence-electron chi connectivity index (χ4n) is 2.17. The van der Waals surface area contributed by atoms with Crippen LogP contribution >= 0.6 is 0 Å².